The van der Waals surface area contributed by atoms with Gasteiger partial charge in [-0.1, -0.05) is 34.8 Å². The van der Waals surface area contributed by atoms with Crippen LogP contribution in [-0.4, -0.2) is 32.5 Å². The Balaban J connectivity index is 3.52. The largest absolute Gasteiger partial charge is 0.481 e. The number of carbonyl (C=O) groups excluding carboxylic acids is 1. The minimum absolute atomic E-state index is 0.118. The molecular weight excluding hydrogens is 274 g/mol. The fourth-order valence-electron chi connectivity index (χ4n) is 0.404. The molecule has 0 aromatic heterocycles. The molecule has 82 valence electrons. The van der Waals surface area contributed by atoms with Crippen LogP contribution in [0.2, 0.25) is 0 Å². The van der Waals surface area contributed by atoms with Crippen LogP contribution in [-0.2, 0) is 9.53 Å². The summed E-state index contributed by atoms with van der Waals surface area (Å²) in [6, 6.07) is 0. The highest BCUT2D eigenvalue weighted by Gasteiger charge is 2.22. The number of alkyl halides is 3. The van der Waals surface area contributed by atoms with E-state index < -0.39 is 15.1 Å². The summed E-state index contributed by atoms with van der Waals surface area (Å²) in [5, 5.41) is 7.60. The van der Waals surface area contributed by atoms with Gasteiger partial charge in [0.2, 0.25) is 3.79 Å². The highest BCUT2D eigenvalue weighted by molar-refractivity contribution is 8.13. The lowest BCUT2D eigenvalue weighted by Gasteiger charge is -2.10. The first-order valence-electron chi connectivity index (χ1n) is 3.39. The maximum atomic E-state index is 10.8. The van der Waals surface area contributed by atoms with Crippen LogP contribution >= 0.6 is 46.6 Å². The van der Waals surface area contributed by atoms with E-state index in [0.29, 0.717) is 0 Å². The number of aliphatic carboxylic acids is 1. The number of carboxylic acid groups (broad SMARTS) is 1. The molecule has 0 aliphatic rings. The van der Waals surface area contributed by atoms with Crippen LogP contribution < -0.4 is 0 Å². The van der Waals surface area contributed by atoms with E-state index in [9.17, 15) is 9.59 Å². The van der Waals surface area contributed by atoms with Crippen molar-refractivity contribution in [3.63, 3.8) is 0 Å². The summed E-state index contributed by atoms with van der Waals surface area (Å²) in [4.78, 5) is 20.9. The van der Waals surface area contributed by atoms with Gasteiger partial charge >= 0.3 is 11.3 Å². The maximum Gasteiger partial charge on any atom is 0.367 e. The van der Waals surface area contributed by atoms with Crippen molar-refractivity contribution in [3.8, 4) is 0 Å². The first-order valence-corrected chi connectivity index (χ1v) is 5.51. The molecule has 0 heterocycles. The zero-order valence-corrected chi connectivity index (χ0v) is 9.92. The molecule has 8 heteroatoms. The quantitative estimate of drug-likeness (QED) is 0.634. The molecule has 0 aromatic rings. The Hall–Kier alpha value is 0.160. The van der Waals surface area contributed by atoms with E-state index in [1.165, 1.54) is 0 Å². The van der Waals surface area contributed by atoms with Crippen molar-refractivity contribution < 1.29 is 19.4 Å². The second-order valence-corrected chi connectivity index (χ2v) is 5.69. The molecule has 14 heavy (non-hydrogen) atoms. The summed E-state index contributed by atoms with van der Waals surface area (Å²) < 4.78 is 2.89. The lowest BCUT2D eigenvalue weighted by molar-refractivity contribution is -0.136. The van der Waals surface area contributed by atoms with Gasteiger partial charge in [0.25, 0.3) is 0 Å². The van der Waals surface area contributed by atoms with Gasteiger partial charge in [-0.15, -0.1) is 0 Å². The highest BCUT2D eigenvalue weighted by Crippen LogP contribution is 2.26. The van der Waals surface area contributed by atoms with Crippen molar-refractivity contribution in [2.45, 2.75) is 10.2 Å². The summed E-state index contributed by atoms with van der Waals surface area (Å²) in [5.41, 5.74) is 0. The second-order valence-electron chi connectivity index (χ2n) is 2.15. The van der Waals surface area contributed by atoms with E-state index in [1.54, 1.807) is 0 Å². The number of ether oxygens (including phenoxy) is 1. The standard InChI is InChI=1S/C6H7Cl3O4S/c7-6(8,9)3-13-5(12)14-2-1-4(10)11/h1-3H2,(H,10,11). The molecule has 0 fully saturated rings. The van der Waals surface area contributed by atoms with Gasteiger partial charge in [-0.25, -0.2) is 4.79 Å². The van der Waals surface area contributed by atoms with Gasteiger partial charge in [0.15, 0.2) is 0 Å². The Kier molecular flexibility index (Phi) is 6.68. The number of rotatable bonds is 4. The first-order chi connectivity index (χ1) is 6.31. The number of hydrogen-bond acceptors (Lipinski definition) is 4. The minimum Gasteiger partial charge on any atom is -0.481 e. The van der Waals surface area contributed by atoms with Crippen LogP contribution in [0.4, 0.5) is 4.79 Å². The number of carbonyl (C=O) groups is 2. The maximum absolute atomic E-state index is 10.8. The minimum atomic E-state index is -1.64. The molecule has 0 unspecified atom stereocenters. The molecule has 0 aliphatic carbocycles. The molecule has 0 aliphatic heterocycles. The Morgan fingerprint density at radius 1 is 1.36 bits per heavy atom. The SMILES string of the molecule is O=C(O)CCSC(=O)OCC(Cl)(Cl)Cl. The molecule has 1 N–H and O–H groups in total. The Bertz CT molecular complexity index is 216. The molecule has 0 amide bonds. The summed E-state index contributed by atoms with van der Waals surface area (Å²) in [7, 11) is 0. The number of thioether (sulfide) groups is 1. The molecular formula is C6H7Cl3O4S. The third kappa shape index (κ3) is 10.2. The average molecular weight is 282 g/mol. The number of hydrogen-bond donors (Lipinski definition) is 1. The van der Waals surface area contributed by atoms with Crippen molar-refractivity contribution in [2.24, 2.45) is 0 Å². The summed E-state index contributed by atoms with van der Waals surface area (Å²) in [6.07, 6.45) is -0.118. The fraction of sp³-hybridized carbons (Fsp3) is 0.667. The molecule has 0 radical (unpaired) electrons. The normalized spacial score (nSPS) is 11.1. The van der Waals surface area contributed by atoms with E-state index in [1.807, 2.05) is 0 Å². The van der Waals surface area contributed by atoms with E-state index in [2.05, 4.69) is 4.74 Å². The average Bonchev–Trinajstić information content (AvgIpc) is 1.99. The monoisotopic (exact) mass is 280 g/mol. The van der Waals surface area contributed by atoms with Crippen LogP contribution in [0, 0.1) is 0 Å². The lowest BCUT2D eigenvalue weighted by atomic mass is 10.5. The van der Waals surface area contributed by atoms with Crippen molar-refractivity contribution >= 4 is 57.8 Å². The fourth-order valence-corrected chi connectivity index (χ4v) is 1.15. The van der Waals surface area contributed by atoms with Gasteiger partial charge in [0.1, 0.15) is 6.61 Å². The zero-order chi connectivity index (χ0) is 11.2. The van der Waals surface area contributed by atoms with Gasteiger partial charge in [0, 0.05) is 5.75 Å². The molecule has 0 rings (SSSR count). The van der Waals surface area contributed by atoms with Crippen LogP contribution in [0.5, 0.6) is 0 Å². The highest BCUT2D eigenvalue weighted by atomic mass is 35.6. The van der Waals surface area contributed by atoms with E-state index in [4.69, 9.17) is 39.9 Å². The van der Waals surface area contributed by atoms with E-state index in [0.717, 1.165) is 11.8 Å². The lowest BCUT2D eigenvalue weighted by Crippen LogP contribution is -2.15. The molecule has 0 saturated carbocycles. The van der Waals surface area contributed by atoms with Gasteiger partial charge in [-0.05, 0) is 11.8 Å². The Morgan fingerprint density at radius 2 is 1.93 bits per heavy atom. The van der Waals surface area contributed by atoms with E-state index >= 15 is 0 Å². The third-order valence-corrected chi connectivity index (χ3v) is 1.98. The molecule has 0 atom stereocenters. The van der Waals surface area contributed by atoms with Gasteiger partial charge in [-0.3, -0.25) is 4.79 Å². The molecule has 4 nitrogen and oxygen atoms in total. The van der Waals surface area contributed by atoms with Crippen molar-refractivity contribution in [1.82, 2.24) is 0 Å². The van der Waals surface area contributed by atoms with Crippen LogP contribution in [0.3, 0.4) is 0 Å². The predicted octanol–water partition coefficient (Wildman–Crippen LogP) is 2.70. The smallest absolute Gasteiger partial charge is 0.367 e. The Labute approximate surface area is 99.8 Å². The molecule has 0 saturated heterocycles. The second kappa shape index (κ2) is 6.61. The first kappa shape index (κ1) is 14.2. The van der Waals surface area contributed by atoms with Gasteiger partial charge in [-0.2, -0.15) is 0 Å². The number of carboxylic acids is 1. The molecule has 0 aromatic carbocycles. The summed E-state index contributed by atoms with van der Waals surface area (Å²) in [5.74, 6) is -0.847. The predicted molar refractivity (Wildman–Crippen MR) is 56.3 cm³/mol. The van der Waals surface area contributed by atoms with Crippen LogP contribution in [0.1, 0.15) is 6.42 Å². The Morgan fingerprint density at radius 3 is 2.36 bits per heavy atom. The summed E-state index contributed by atoms with van der Waals surface area (Å²) in [6.45, 7) is -0.351. The van der Waals surface area contributed by atoms with Crippen molar-refractivity contribution in [3.05, 3.63) is 0 Å². The van der Waals surface area contributed by atoms with Crippen molar-refractivity contribution in [2.75, 3.05) is 12.4 Å². The van der Waals surface area contributed by atoms with Crippen LogP contribution in [0.15, 0.2) is 0 Å². The van der Waals surface area contributed by atoms with Crippen LogP contribution in [0.25, 0.3) is 0 Å². The topological polar surface area (TPSA) is 63.6 Å². The summed E-state index contributed by atoms with van der Waals surface area (Å²) >= 11 is 16.7. The van der Waals surface area contributed by atoms with Gasteiger partial charge < -0.3 is 9.84 Å². The third-order valence-electron chi connectivity index (χ3n) is 0.890. The van der Waals surface area contributed by atoms with Crippen molar-refractivity contribution in [1.29, 1.82) is 0 Å². The van der Waals surface area contributed by atoms with E-state index in [-0.39, 0.29) is 18.8 Å². The number of halogens is 3. The molecule has 0 spiro atoms. The molecule has 0 bridgehead atoms. The zero-order valence-electron chi connectivity index (χ0n) is 6.84. The van der Waals surface area contributed by atoms with Gasteiger partial charge in [0.05, 0.1) is 6.42 Å².